The summed E-state index contributed by atoms with van der Waals surface area (Å²) in [6.07, 6.45) is 3.15. The molecule has 3 rings (SSSR count). The van der Waals surface area contributed by atoms with Crippen LogP contribution < -0.4 is 0 Å². The van der Waals surface area contributed by atoms with Gasteiger partial charge in [-0.1, -0.05) is 30.3 Å². The van der Waals surface area contributed by atoms with Crippen molar-refractivity contribution in [3.05, 3.63) is 66.5 Å². The third-order valence-electron chi connectivity index (χ3n) is 2.91. The predicted molar refractivity (Wildman–Crippen MR) is 74.2 cm³/mol. The summed E-state index contributed by atoms with van der Waals surface area (Å²) in [4.78, 5) is 4.13. The van der Waals surface area contributed by atoms with Crippen molar-refractivity contribution in [2.24, 2.45) is 0 Å². The molecule has 3 aromatic rings. The standard InChI is InChI=1S/C14H12N2O2S/c17-19(18,11-12-5-2-1-3-6-12)16-10-8-13-7-4-9-15-14(13)16/h1-10H,11H2. The molecule has 5 heteroatoms. The molecule has 19 heavy (non-hydrogen) atoms. The summed E-state index contributed by atoms with van der Waals surface area (Å²) in [6.45, 7) is 0. The van der Waals surface area contributed by atoms with Crippen molar-refractivity contribution in [3.63, 3.8) is 0 Å². The molecular formula is C14H12N2O2S. The number of nitrogens with zero attached hydrogens (tertiary/aromatic N) is 2. The molecule has 0 unspecified atom stereocenters. The molecule has 4 nitrogen and oxygen atoms in total. The lowest BCUT2D eigenvalue weighted by Crippen LogP contribution is -2.14. The van der Waals surface area contributed by atoms with Gasteiger partial charge in [0.15, 0.2) is 5.65 Å². The van der Waals surface area contributed by atoms with Crippen molar-refractivity contribution in [2.45, 2.75) is 5.75 Å². The third-order valence-corrected chi connectivity index (χ3v) is 4.50. The van der Waals surface area contributed by atoms with E-state index in [1.54, 1.807) is 36.7 Å². The van der Waals surface area contributed by atoms with Crippen LogP contribution in [0.15, 0.2) is 60.9 Å². The van der Waals surface area contributed by atoms with Crippen molar-refractivity contribution >= 4 is 21.1 Å². The van der Waals surface area contributed by atoms with Crippen molar-refractivity contribution in [1.82, 2.24) is 8.96 Å². The third kappa shape index (κ3) is 2.24. The maximum atomic E-state index is 12.4. The second-order valence-corrected chi connectivity index (χ2v) is 6.12. The summed E-state index contributed by atoms with van der Waals surface area (Å²) in [5.74, 6) is -0.0335. The first kappa shape index (κ1) is 11.9. The van der Waals surface area contributed by atoms with Crippen LogP contribution in [0.1, 0.15) is 5.56 Å². The Bertz CT molecular complexity index is 808. The van der Waals surface area contributed by atoms with E-state index in [-0.39, 0.29) is 5.75 Å². The fourth-order valence-corrected chi connectivity index (χ4v) is 3.44. The van der Waals surface area contributed by atoms with E-state index in [9.17, 15) is 8.42 Å². The predicted octanol–water partition coefficient (Wildman–Crippen LogP) is 2.41. The van der Waals surface area contributed by atoms with E-state index in [0.29, 0.717) is 5.65 Å². The number of benzene rings is 1. The van der Waals surface area contributed by atoms with Gasteiger partial charge in [-0.15, -0.1) is 0 Å². The highest BCUT2D eigenvalue weighted by Gasteiger charge is 2.17. The number of hydrogen-bond acceptors (Lipinski definition) is 3. The SMILES string of the molecule is O=S(=O)(Cc1ccccc1)n1ccc2cccnc21. The average Bonchev–Trinajstić information content (AvgIpc) is 2.84. The molecule has 0 spiro atoms. The lowest BCUT2D eigenvalue weighted by atomic mass is 10.2. The highest BCUT2D eigenvalue weighted by Crippen LogP contribution is 2.17. The van der Waals surface area contributed by atoms with Gasteiger partial charge in [-0.2, -0.15) is 0 Å². The Morgan fingerprint density at radius 3 is 2.58 bits per heavy atom. The summed E-state index contributed by atoms with van der Waals surface area (Å²) in [5, 5.41) is 0.819. The molecule has 0 bridgehead atoms. The average molecular weight is 272 g/mol. The van der Waals surface area contributed by atoms with Gasteiger partial charge in [0, 0.05) is 17.8 Å². The summed E-state index contributed by atoms with van der Waals surface area (Å²) < 4.78 is 26.0. The van der Waals surface area contributed by atoms with Crippen LogP contribution >= 0.6 is 0 Å². The molecule has 1 aromatic carbocycles. The largest absolute Gasteiger partial charge is 0.244 e. The van der Waals surface area contributed by atoms with Crippen molar-refractivity contribution < 1.29 is 8.42 Å². The lowest BCUT2D eigenvalue weighted by Gasteiger charge is -2.06. The van der Waals surface area contributed by atoms with E-state index in [2.05, 4.69) is 4.98 Å². The van der Waals surface area contributed by atoms with Crippen LogP contribution in [-0.4, -0.2) is 17.4 Å². The Morgan fingerprint density at radius 1 is 1.00 bits per heavy atom. The minimum absolute atomic E-state index is 0.0335. The smallest absolute Gasteiger partial charge is 0.237 e. The second kappa shape index (κ2) is 4.51. The number of pyridine rings is 1. The molecule has 0 amide bonds. The minimum atomic E-state index is -3.44. The lowest BCUT2D eigenvalue weighted by molar-refractivity contribution is 0.588. The van der Waals surface area contributed by atoms with Gasteiger partial charge < -0.3 is 0 Å². The van der Waals surface area contributed by atoms with Gasteiger partial charge in [0.2, 0.25) is 10.0 Å². The first-order chi connectivity index (χ1) is 9.17. The summed E-state index contributed by atoms with van der Waals surface area (Å²) in [6, 6.07) is 14.5. The maximum absolute atomic E-state index is 12.4. The molecule has 0 radical (unpaired) electrons. The molecule has 0 atom stereocenters. The normalized spacial score (nSPS) is 11.8. The van der Waals surface area contributed by atoms with Gasteiger partial charge in [0.05, 0.1) is 5.75 Å². The Morgan fingerprint density at radius 2 is 1.79 bits per heavy atom. The molecule has 0 saturated carbocycles. The Balaban J connectivity index is 2.05. The highest BCUT2D eigenvalue weighted by atomic mass is 32.2. The van der Waals surface area contributed by atoms with Gasteiger partial charge in [-0.05, 0) is 23.8 Å². The van der Waals surface area contributed by atoms with Gasteiger partial charge in [-0.3, -0.25) is 0 Å². The minimum Gasteiger partial charge on any atom is -0.237 e. The van der Waals surface area contributed by atoms with Gasteiger partial charge in [0.1, 0.15) is 0 Å². The summed E-state index contributed by atoms with van der Waals surface area (Å²) in [7, 11) is -3.44. The van der Waals surface area contributed by atoms with E-state index in [4.69, 9.17) is 0 Å². The van der Waals surface area contributed by atoms with E-state index >= 15 is 0 Å². The zero-order valence-electron chi connectivity index (χ0n) is 10.1. The summed E-state index contributed by atoms with van der Waals surface area (Å²) in [5.41, 5.74) is 1.23. The molecule has 0 aliphatic rings. The van der Waals surface area contributed by atoms with Crippen LogP contribution in [0.3, 0.4) is 0 Å². The number of fused-ring (bicyclic) bond motifs is 1. The van der Waals surface area contributed by atoms with Gasteiger partial charge in [0.25, 0.3) is 0 Å². The second-order valence-electron chi connectivity index (χ2n) is 4.27. The molecule has 2 heterocycles. The van der Waals surface area contributed by atoms with Crippen LogP contribution in [0.2, 0.25) is 0 Å². The Labute approximate surface area is 111 Å². The quantitative estimate of drug-likeness (QED) is 0.735. The molecule has 96 valence electrons. The van der Waals surface area contributed by atoms with Gasteiger partial charge in [-0.25, -0.2) is 17.4 Å². The Hall–Kier alpha value is -2.14. The zero-order valence-corrected chi connectivity index (χ0v) is 10.9. The molecule has 0 aliphatic heterocycles. The van der Waals surface area contributed by atoms with Gasteiger partial charge >= 0.3 is 0 Å². The molecule has 0 fully saturated rings. The van der Waals surface area contributed by atoms with Crippen LogP contribution in [0.25, 0.3) is 11.0 Å². The molecule has 2 aromatic heterocycles. The van der Waals surface area contributed by atoms with E-state index in [1.165, 1.54) is 3.97 Å². The zero-order chi connectivity index (χ0) is 13.3. The topological polar surface area (TPSA) is 52.0 Å². The molecule has 0 saturated heterocycles. The molecule has 0 aliphatic carbocycles. The first-order valence-corrected chi connectivity index (χ1v) is 7.47. The highest BCUT2D eigenvalue weighted by molar-refractivity contribution is 7.89. The van der Waals surface area contributed by atoms with Crippen molar-refractivity contribution in [1.29, 1.82) is 0 Å². The van der Waals surface area contributed by atoms with Crippen LogP contribution in [0, 0.1) is 0 Å². The molecular weight excluding hydrogens is 260 g/mol. The number of aromatic nitrogens is 2. The van der Waals surface area contributed by atoms with E-state index < -0.39 is 10.0 Å². The number of rotatable bonds is 3. The first-order valence-electron chi connectivity index (χ1n) is 5.86. The van der Waals surface area contributed by atoms with Crippen molar-refractivity contribution in [2.75, 3.05) is 0 Å². The monoisotopic (exact) mass is 272 g/mol. The summed E-state index contributed by atoms with van der Waals surface area (Å²) >= 11 is 0. The maximum Gasteiger partial charge on any atom is 0.244 e. The fourth-order valence-electron chi connectivity index (χ4n) is 2.02. The Kier molecular flexibility index (Phi) is 2.83. The van der Waals surface area contributed by atoms with Crippen molar-refractivity contribution in [3.8, 4) is 0 Å². The van der Waals surface area contributed by atoms with E-state index in [0.717, 1.165) is 10.9 Å². The number of hydrogen-bond donors (Lipinski definition) is 0. The van der Waals surface area contributed by atoms with E-state index in [1.807, 2.05) is 24.3 Å². The van der Waals surface area contributed by atoms with Crippen LogP contribution in [0.5, 0.6) is 0 Å². The van der Waals surface area contributed by atoms with Crippen LogP contribution in [0.4, 0.5) is 0 Å². The van der Waals surface area contributed by atoms with Crippen LogP contribution in [-0.2, 0) is 15.8 Å². The molecule has 0 N–H and O–H groups in total. The fraction of sp³-hybridized carbons (Fsp3) is 0.0714.